The van der Waals surface area contributed by atoms with Gasteiger partial charge in [0.1, 0.15) is 5.75 Å². The van der Waals surface area contributed by atoms with Crippen LogP contribution in [0.25, 0.3) is 0 Å². The summed E-state index contributed by atoms with van der Waals surface area (Å²) in [4.78, 5) is 21.9. The summed E-state index contributed by atoms with van der Waals surface area (Å²) in [5.74, 6) is -0.614. The number of aromatic hydroxyl groups is 1. The Morgan fingerprint density at radius 1 is 1.40 bits per heavy atom. The molecule has 0 saturated carbocycles. The molecule has 0 radical (unpaired) electrons. The number of nitro groups is 1. The fourth-order valence-electron chi connectivity index (χ4n) is 1.95. The second-order valence-corrected chi connectivity index (χ2v) is 5.47. The highest BCUT2D eigenvalue weighted by Crippen LogP contribution is 2.23. The van der Waals surface area contributed by atoms with Crippen molar-refractivity contribution in [3.05, 3.63) is 62.7 Å². The molecule has 2 aromatic rings. The van der Waals surface area contributed by atoms with Crippen LogP contribution in [0.4, 0.5) is 11.4 Å². The third-order valence-electron chi connectivity index (χ3n) is 3.32. The summed E-state index contributed by atoms with van der Waals surface area (Å²) in [6.45, 7) is 1.78. The van der Waals surface area contributed by atoms with Crippen LogP contribution in [-0.2, 0) is 4.79 Å². The molecule has 0 atom stereocenters. The lowest BCUT2D eigenvalue weighted by Gasteiger charge is -2.09. The summed E-state index contributed by atoms with van der Waals surface area (Å²) < 4.78 is 0. The third kappa shape index (κ3) is 4.92. The van der Waals surface area contributed by atoms with Crippen LogP contribution in [0.5, 0.6) is 5.75 Å². The molecular weight excluding hydrogens is 348 g/mol. The van der Waals surface area contributed by atoms with Crippen molar-refractivity contribution in [1.82, 2.24) is 5.43 Å². The van der Waals surface area contributed by atoms with Crippen LogP contribution in [0.1, 0.15) is 11.1 Å². The van der Waals surface area contributed by atoms with Gasteiger partial charge in [0.05, 0.1) is 17.7 Å². The molecule has 0 fully saturated rings. The number of amides is 1. The van der Waals surface area contributed by atoms with E-state index >= 15 is 0 Å². The maximum absolute atomic E-state index is 11.8. The van der Waals surface area contributed by atoms with E-state index in [-0.39, 0.29) is 23.5 Å². The van der Waals surface area contributed by atoms with E-state index in [0.29, 0.717) is 5.02 Å². The van der Waals surface area contributed by atoms with E-state index in [4.69, 9.17) is 11.6 Å². The maximum Gasteiger partial charge on any atom is 0.270 e. The van der Waals surface area contributed by atoms with Gasteiger partial charge in [0, 0.05) is 28.4 Å². The van der Waals surface area contributed by atoms with Gasteiger partial charge in [-0.1, -0.05) is 17.7 Å². The number of carbonyl (C=O) groups excluding carboxylic acids is 1. The predicted octanol–water partition coefficient (Wildman–Crippen LogP) is 2.82. The van der Waals surface area contributed by atoms with Crippen LogP contribution < -0.4 is 10.7 Å². The average molecular weight is 363 g/mol. The van der Waals surface area contributed by atoms with Crippen molar-refractivity contribution in [1.29, 1.82) is 0 Å². The second-order valence-electron chi connectivity index (χ2n) is 5.06. The number of benzene rings is 2. The molecular formula is C16H15ClN4O4. The smallest absolute Gasteiger partial charge is 0.270 e. The van der Waals surface area contributed by atoms with Crippen molar-refractivity contribution < 1.29 is 14.8 Å². The van der Waals surface area contributed by atoms with Crippen LogP contribution in [0.15, 0.2) is 41.5 Å². The normalized spacial score (nSPS) is 10.6. The summed E-state index contributed by atoms with van der Waals surface area (Å²) in [7, 11) is 0. The molecule has 0 aromatic heterocycles. The molecule has 0 heterocycles. The van der Waals surface area contributed by atoms with Gasteiger partial charge < -0.3 is 10.4 Å². The van der Waals surface area contributed by atoms with E-state index in [1.54, 1.807) is 18.2 Å². The van der Waals surface area contributed by atoms with Gasteiger partial charge in [0.2, 0.25) is 0 Å². The maximum atomic E-state index is 11.8. The van der Waals surface area contributed by atoms with E-state index in [2.05, 4.69) is 15.8 Å². The minimum absolute atomic E-state index is 0.0422. The fourth-order valence-corrected chi connectivity index (χ4v) is 2.12. The van der Waals surface area contributed by atoms with E-state index in [0.717, 1.165) is 23.5 Å². The Morgan fingerprint density at radius 2 is 2.16 bits per heavy atom. The topological polar surface area (TPSA) is 117 Å². The van der Waals surface area contributed by atoms with Crippen LogP contribution in [0, 0.1) is 17.0 Å². The van der Waals surface area contributed by atoms with Crippen molar-refractivity contribution in [2.45, 2.75) is 6.92 Å². The van der Waals surface area contributed by atoms with Gasteiger partial charge in [-0.25, -0.2) is 5.43 Å². The number of hydrogen-bond acceptors (Lipinski definition) is 6. The lowest BCUT2D eigenvalue weighted by molar-refractivity contribution is -0.384. The highest BCUT2D eigenvalue weighted by Gasteiger charge is 2.09. The molecule has 0 aliphatic rings. The van der Waals surface area contributed by atoms with Crippen molar-refractivity contribution in [3.8, 4) is 5.75 Å². The van der Waals surface area contributed by atoms with Crippen molar-refractivity contribution in [2.75, 3.05) is 11.9 Å². The van der Waals surface area contributed by atoms with Gasteiger partial charge >= 0.3 is 0 Å². The number of nitro benzene ring substituents is 1. The Labute approximate surface area is 148 Å². The highest BCUT2D eigenvalue weighted by molar-refractivity contribution is 6.31. The Hall–Kier alpha value is -3.13. The van der Waals surface area contributed by atoms with Gasteiger partial charge in [-0.15, -0.1) is 0 Å². The predicted molar refractivity (Wildman–Crippen MR) is 95.2 cm³/mol. The molecule has 25 heavy (non-hydrogen) atoms. The molecule has 2 aromatic carbocycles. The monoisotopic (exact) mass is 362 g/mol. The van der Waals surface area contributed by atoms with E-state index in [1.165, 1.54) is 12.1 Å². The summed E-state index contributed by atoms with van der Waals surface area (Å²) in [5, 5.41) is 27.5. The van der Waals surface area contributed by atoms with Crippen molar-refractivity contribution in [3.63, 3.8) is 0 Å². The summed E-state index contributed by atoms with van der Waals surface area (Å²) in [6, 6.07) is 8.81. The first-order chi connectivity index (χ1) is 11.9. The SMILES string of the molecule is Cc1c(Cl)cccc1NCC(=O)N/N=C\c1cc([N+](=O)[O-])ccc1O. The van der Waals surface area contributed by atoms with Gasteiger partial charge in [-0.2, -0.15) is 5.10 Å². The molecule has 0 spiro atoms. The lowest BCUT2D eigenvalue weighted by Crippen LogP contribution is -2.26. The molecule has 0 aliphatic heterocycles. The number of anilines is 1. The van der Waals surface area contributed by atoms with Gasteiger partial charge in [-0.05, 0) is 30.7 Å². The highest BCUT2D eigenvalue weighted by atomic mass is 35.5. The minimum Gasteiger partial charge on any atom is -0.507 e. The number of hydrazone groups is 1. The molecule has 8 nitrogen and oxygen atoms in total. The Bertz CT molecular complexity index is 839. The molecule has 0 bridgehead atoms. The zero-order valence-corrected chi connectivity index (χ0v) is 13.9. The molecule has 2 rings (SSSR count). The van der Waals surface area contributed by atoms with E-state index < -0.39 is 10.8 Å². The number of hydrogen-bond donors (Lipinski definition) is 3. The Morgan fingerprint density at radius 3 is 2.88 bits per heavy atom. The number of nitrogens with one attached hydrogen (secondary N) is 2. The summed E-state index contributed by atoms with van der Waals surface area (Å²) in [6.07, 6.45) is 1.13. The zero-order valence-electron chi connectivity index (χ0n) is 13.2. The number of non-ortho nitro benzene ring substituents is 1. The summed E-state index contributed by atoms with van der Waals surface area (Å²) in [5.41, 5.74) is 3.74. The van der Waals surface area contributed by atoms with Gasteiger partial charge in [0.15, 0.2) is 0 Å². The third-order valence-corrected chi connectivity index (χ3v) is 3.73. The largest absolute Gasteiger partial charge is 0.507 e. The second kappa shape index (κ2) is 8.11. The van der Waals surface area contributed by atoms with Crippen LogP contribution in [0.3, 0.4) is 0 Å². The molecule has 3 N–H and O–H groups in total. The van der Waals surface area contributed by atoms with E-state index in [1.807, 2.05) is 6.92 Å². The van der Waals surface area contributed by atoms with Gasteiger partial charge in [0.25, 0.3) is 11.6 Å². The van der Waals surface area contributed by atoms with Crippen LogP contribution >= 0.6 is 11.6 Å². The molecule has 0 aliphatic carbocycles. The fraction of sp³-hybridized carbons (Fsp3) is 0.125. The molecule has 130 valence electrons. The molecule has 9 heteroatoms. The number of rotatable bonds is 6. The lowest BCUT2D eigenvalue weighted by atomic mass is 10.2. The Balaban J connectivity index is 1.93. The minimum atomic E-state index is -0.591. The number of nitrogens with zero attached hydrogens (tertiary/aromatic N) is 2. The summed E-state index contributed by atoms with van der Waals surface area (Å²) >= 11 is 5.99. The standard InChI is InChI=1S/C16H15ClN4O4/c1-10-13(17)3-2-4-14(10)18-9-16(23)20-19-8-11-7-12(21(24)25)5-6-15(11)22/h2-8,18,22H,9H2,1H3,(H,20,23)/b19-8-. The number of phenolic OH excluding ortho intramolecular Hbond substituents is 1. The number of halogens is 1. The first-order valence-electron chi connectivity index (χ1n) is 7.17. The molecule has 0 saturated heterocycles. The average Bonchev–Trinajstić information content (AvgIpc) is 2.57. The van der Waals surface area contributed by atoms with E-state index in [9.17, 15) is 20.0 Å². The van der Waals surface area contributed by atoms with Crippen LogP contribution in [0.2, 0.25) is 5.02 Å². The first-order valence-corrected chi connectivity index (χ1v) is 7.54. The van der Waals surface area contributed by atoms with Gasteiger partial charge in [-0.3, -0.25) is 14.9 Å². The number of phenols is 1. The zero-order chi connectivity index (χ0) is 18.4. The van der Waals surface area contributed by atoms with Crippen LogP contribution in [-0.4, -0.2) is 28.7 Å². The molecule has 1 amide bonds. The number of carbonyl (C=O) groups is 1. The van der Waals surface area contributed by atoms with Crippen molar-refractivity contribution >= 4 is 35.1 Å². The molecule has 0 unspecified atom stereocenters. The van der Waals surface area contributed by atoms with Crippen molar-refractivity contribution in [2.24, 2.45) is 5.10 Å². The Kier molecular flexibility index (Phi) is 5.91. The first kappa shape index (κ1) is 18.2. The quantitative estimate of drug-likeness (QED) is 0.415.